The first-order valence-corrected chi connectivity index (χ1v) is 6.73. The van der Waals surface area contributed by atoms with Crippen LogP contribution in [-0.4, -0.2) is 6.54 Å². The summed E-state index contributed by atoms with van der Waals surface area (Å²) in [6.45, 7) is 2.74. The van der Waals surface area contributed by atoms with E-state index in [0.29, 0.717) is 24.4 Å². The first kappa shape index (κ1) is 13.5. The minimum atomic E-state index is -0.760. The van der Waals surface area contributed by atoms with Gasteiger partial charge in [0.25, 0.3) is 0 Å². The summed E-state index contributed by atoms with van der Waals surface area (Å²) < 4.78 is 26.9. The molecule has 0 aliphatic heterocycles. The molecule has 1 saturated carbocycles. The van der Waals surface area contributed by atoms with E-state index in [1.54, 1.807) is 12.1 Å². The summed E-state index contributed by atoms with van der Waals surface area (Å²) >= 11 is 0. The number of rotatable bonds is 4. The average Bonchev–Trinajstić information content (AvgIpc) is 2.79. The average molecular weight is 253 g/mol. The largest absolute Gasteiger partial charge is 0.330 e. The third-order valence-corrected chi connectivity index (χ3v) is 4.41. The molecule has 1 aliphatic carbocycles. The molecule has 2 rings (SSSR count). The van der Waals surface area contributed by atoms with Crippen molar-refractivity contribution in [3.63, 3.8) is 0 Å². The van der Waals surface area contributed by atoms with Gasteiger partial charge in [-0.05, 0) is 55.2 Å². The van der Waals surface area contributed by atoms with Crippen LogP contribution in [0.1, 0.15) is 38.2 Å². The molecule has 0 spiro atoms. The molecule has 18 heavy (non-hydrogen) atoms. The fourth-order valence-electron chi connectivity index (χ4n) is 3.18. The predicted molar refractivity (Wildman–Crippen MR) is 69.2 cm³/mol. The molecular weight excluding hydrogens is 232 g/mol. The molecular formula is C15H21F2N. The smallest absolute Gasteiger partial charge is 0.162 e. The molecule has 1 fully saturated rings. The molecule has 1 aromatic carbocycles. The molecule has 3 heteroatoms. The van der Waals surface area contributed by atoms with Gasteiger partial charge in [0.15, 0.2) is 11.6 Å². The summed E-state index contributed by atoms with van der Waals surface area (Å²) in [6, 6.07) is 4.41. The minimum absolute atomic E-state index is 0.0324. The van der Waals surface area contributed by atoms with Crippen molar-refractivity contribution < 1.29 is 8.78 Å². The van der Waals surface area contributed by atoms with Crippen LogP contribution in [0.15, 0.2) is 18.2 Å². The predicted octanol–water partition coefficient (Wildman–Crippen LogP) is 3.66. The van der Waals surface area contributed by atoms with Gasteiger partial charge in [-0.2, -0.15) is 0 Å². The van der Waals surface area contributed by atoms with Crippen molar-refractivity contribution in [3.05, 3.63) is 35.4 Å². The molecule has 2 unspecified atom stereocenters. The molecule has 0 bridgehead atoms. The summed E-state index contributed by atoms with van der Waals surface area (Å²) in [7, 11) is 0. The van der Waals surface area contributed by atoms with E-state index in [-0.39, 0.29) is 5.41 Å². The maximum atomic E-state index is 13.7. The van der Waals surface area contributed by atoms with Crippen molar-refractivity contribution >= 4 is 0 Å². The highest BCUT2D eigenvalue weighted by Crippen LogP contribution is 2.45. The lowest BCUT2D eigenvalue weighted by molar-refractivity contribution is 0.285. The van der Waals surface area contributed by atoms with Gasteiger partial charge in [0.05, 0.1) is 0 Å². The molecule has 1 nitrogen and oxygen atoms in total. The Kier molecular flexibility index (Phi) is 4.00. The molecule has 1 aromatic rings. The zero-order chi connectivity index (χ0) is 13.2. The molecule has 2 atom stereocenters. The number of nitrogens with two attached hydrogens (primary N) is 1. The Morgan fingerprint density at radius 2 is 2.17 bits per heavy atom. The quantitative estimate of drug-likeness (QED) is 0.870. The first-order valence-electron chi connectivity index (χ1n) is 6.73. The lowest BCUT2D eigenvalue weighted by Crippen LogP contribution is -2.30. The lowest BCUT2D eigenvalue weighted by atomic mass is 9.79. The van der Waals surface area contributed by atoms with Crippen LogP contribution in [0.3, 0.4) is 0 Å². The van der Waals surface area contributed by atoms with E-state index < -0.39 is 11.6 Å². The minimum Gasteiger partial charge on any atom is -0.330 e. The fourth-order valence-corrected chi connectivity index (χ4v) is 3.18. The Morgan fingerprint density at radius 1 is 1.39 bits per heavy atom. The van der Waals surface area contributed by atoms with Gasteiger partial charge in [0.2, 0.25) is 0 Å². The SMILES string of the molecule is CCC1CCC(CN)(Cc2cccc(F)c2F)C1. The van der Waals surface area contributed by atoms with Crippen molar-refractivity contribution in [3.8, 4) is 0 Å². The van der Waals surface area contributed by atoms with Gasteiger partial charge in [-0.1, -0.05) is 25.5 Å². The third-order valence-electron chi connectivity index (χ3n) is 4.41. The highest BCUT2D eigenvalue weighted by molar-refractivity contribution is 5.21. The van der Waals surface area contributed by atoms with E-state index in [4.69, 9.17) is 5.73 Å². The van der Waals surface area contributed by atoms with Crippen LogP contribution in [0, 0.1) is 23.0 Å². The molecule has 0 radical (unpaired) electrons. The highest BCUT2D eigenvalue weighted by atomic mass is 19.2. The van der Waals surface area contributed by atoms with Gasteiger partial charge in [0.1, 0.15) is 0 Å². The number of benzene rings is 1. The van der Waals surface area contributed by atoms with Crippen LogP contribution in [0.5, 0.6) is 0 Å². The van der Waals surface area contributed by atoms with E-state index in [1.807, 2.05) is 0 Å². The van der Waals surface area contributed by atoms with Gasteiger partial charge in [-0.3, -0.25) is 0 Å². The second kappa shape index (κ2) is 5.35. The standard InChI is InChI=1S/C15H21F2N/c1-2-11-6-7-15(8-11,10-18)9-12-4-3-5-13(16)14(12)17/h3-5,11H,2,6-10,18H2,1H3. The van der Waals surface area contributed by atoms with E-state index in [9.17, 15) is 8.78 Å². The van der Waals surface area contributed by atoms with Crippen LogP contribution in [-0.2, 0) is 6.42 Å². The zero-order valence-electron chi connectivity index (χ0n) is 10.9. The van der Waals surface area contributed by atoms with Gasteiger partial charge in [-0.15, -0.1) is 0 Å². The summed E-state index contributed by atoms with van der Waals surface area (Å²) in [4.78, 5) is 0. The van der Waals surface area contributed by atoms with E-state index >= 15 is 0 Å². The maximum absolute atomic E-state index is 13.7. The molecule has 100 valence electrons. The summed E-state index contributed by atoms with van der Waals surface area (Å²) in [6.07, 6.45) is 4.93. The molecule has 0 aromatic heterocycles. The molecule has 0 saturated heterocycles. The van der Waals surface area contributed by atoms with Crippen molar-refractivity contribution in [2.45, 2.75) is 39.0 Å². The Bertz CT molecular complexity index is 419. The van der Waals surface area contributed by atoms with Gasteiger partial charge < -0.3 is 5.73 Å². The van der Waals surface area contributed by atoms with Gasteiger partial charge in [0, 0.05) is 0 Å². The first-order chi connectivity index (χ1) is 8.60. The summed E-state index contributed by atoms with van der Waals surface area (Å²) in [5.41, 5.74) is 6.34. The van der Waals surface area contributed by atoms with Crippen molar-refractivity contribution in [2.75, 3.05) is 6.54 Å². The maximum Gasteiger partial charge on any atom is 0.162 e. The van der Waals surface area contributed by atoms with Crippen molar-refractivity contribution in [1.82, 2.24) is 0 Å². The normalized spacial score (nSPS) is 27.7. The van der Waals surface area contributed by atoms with Crippen LogP contribution in [0.4, 0.5) is 8.78 Å². The van der Waals surface area contributed by atoms with E-state index in [0.717, 1.165) is 31.7 Å². The third kappa shape index (κ3) is 2.56. The van der Waals surface area contributed by atoms with Gasteiger partial charge >= 0.3 is 0 Å². The number of hydrogen-bond acceptors (Lipinski definition) is 1. The topological polar surface area (TPSA) is 26.0 Å². The van der Waals surface area contributed by atoms with Gasteiger partial charge in [-0.25, -0.2) is 8.78 Å². The zero-order valence-corrected chi connectivity index (χ0v) is 10.9. The van der Waals surface area contributed by atoms with E-state index in [1.165, 1.54) is 0 Å². The number of hydrogen-bond donors (Lipinski definition) is 1. The number of halogens is 2. The van der Waals surface area contributed by atoms with Crippen molar-refractivity contribution in [1.29, 1.82) is 0 Å². The summed E-state index contributed by atoms with van der Waals surface area (Å²) in [5, 5.41) is 0. The Balaban J connectivity index is 2.18. The Morgan fingerprint density at radius 3 is 2.78 bits per heavy atom. The molecule has 2 N–H and O–H groups in total. The second-order valence-corrected chi connectivity index (χ2v) is 5.61. The highest BCUT2D eigenvalue weighted by Gasteiger charge is 2.37. The molecule has 0 heterocycles. The van der Waals surface area contributed by atoms with Crippen LogP contribution < -0.4 is 5.73 Å². The molecule has 1 aliphatic rings. The van der Waals surface area contributed by atoms with Crippen LogP contribution in [0.2, 0.25) is 0 Å². The lowest BCUT2D eigenvalue weighted by Gasteiger charge is -2.28. The monoisotopic (exact) mass is 253 g/mol. The van der Waals surface area contributed by atoms with E-state index in [2.05, 4.69) is 6.92 Å². The summed E-state index contributed by atoms with van der Waals surface area (Å²) in [5.74, 6) is -0.778. The Hall–Kier alpha value is -0.960. The fraction of sp³-hybridized carbons (Fsp3) is 0.600. The van der Waals surface area contributed by atoms with Crippen LogP contribution >= 0.6 is 0 Å². The second-order valence-electron chi connectivity index (χ2n) is 5.61. The van der Waals surface area contributed by atoms with Crippen molar-refractivity contribution in [2.24, 2.45) is 17.1 Å². The molecule has 0 amide bonds. The van der Waals surface area contributed by atoms with Crippen LogP contribution in [0.25, 0.3) is 0 Å². The Labute approximate surface area is 107 Å².